The molecular formula is C20H24N2O4S. The van der Waals surface area contributed by atoms with Gasteiger partial charge in [-0.15, -0.1) is 0 Å². The summed E-state index contributed by atoms with van der Waals surface area (Å²) in [6.45, 7) is 3.17. The molecule has 1 saturated heterocycles. The Morgan fingerprint density at radius 2 is 1.89 bits per heavy atom. The fourth-order valence-electron chi connectivity index (χ4n) is 3.03. The Morgan fingerprint density at radius 3 is 2.56 bits per heavy atom. The average Bonchev–Trinajstić information content (AvgIpc) is 3.20. The van der Waals surface area contributed by atoms with Crippen molar-refractivity contribution in [3.05, 3.63) is 59.7 Å². The summed E-state index contributed by atoms with van der Waals surface area (Å²) in [5.74, 6) is -0.237. The van der Waals surface area contributed by atoms with Crippen LogP contribution < -0.4 is 10.0 Å². The molecule has 1 heterocycles. The van der Waals surface area contributed by atoms with Gasteiger partial charge in [0.25, 0.3) is 15.9 Å². The van der Waals surface area contributed by atoms with Gasteiger partial charge in [-0.05, 0) is 55.2 Å². The SMILES string of the molecule is CCc1ccccc1NS(=O)(=O)c1ccc(C(=O)NCC2CCCO2)cc1. The van der Waals surface area contributed by atoms with Crippen molar-refractivity contribution in [1.29, 1.82) is 0 Å². The van der Waals surface area contributed by atoms with Gasteiger partial charge in [0.05, 0.1) is 16.7 Å². The molecule has 1 fully saturated rings. The molecule has 1 aliphatic heterocycles. The van der Waals surface area contributed by atoms with E-state index < -0.39 is 10.0 Å². The molecule has 3 rings (SSSR count). The topological polar surface area (TPSA) is 84.5 Å². The first kappa shape index (κ1) is 19.4. The fraction of sp³-hybridized carbons (Fsp3) is 0.350. The number of aryl methyl sites for hydroxylation is 1. The minimum Gasteiger partial charge on any atom is -0.376 e. The van der Waals surface area contributed by atoms with E-state index in [0.29, 0.717) is 17.8 Å². The first-order valence-electron chi connectivity index (χ1n) is 9.10. The molecule has 1 unspecified atom stereocenters. The number of amides is 1. The average molecular weight is 388 g/mol. The van der Waals surface area contributed by atoms with Crippen LogP contribution in [-0.2, 0) is 21.2 Å². The second kappa shape index (κ2) is 8.54. The maximum absolute atomic E-state index is 12.6. The molecule has 0 aromatic heterocycles. The summed E-state index contributed by atoms with van der Waals surface area (Å²) < 4.78 is 33.3. The molecule has 0 radical (unpaired) electrons. The van der Waals surface area contributed by atoms with Crippen LogP contribution in [0.25, 0.3) is 0 Å². The van der Waals surface area contributed by atoms with Crippen LogP contribution in [0.3, 0.4) is 0 Å². The number of rotatable bonds is 7. The lowest BCUT2D eigenvalue weighted by Gasteiger charge is -2.13. The second-order valence-electron chi connectivity index (χ2n) is 6.49. The third kappa shape index (κ3) is 4.87. The normalized spacial score (nSPS) is 16.9. The van der Waals surface area contributed by atoms with Crippen LogP contribution in [0.2, 0.25) is 0 Å². The molecule has 0 spiro atoms. The smallest absolute Gasteiger partial charge is 0.261 e. The molecule has 2 aromatic rings. The Morgan fingerprint density at radius 1 is 1.15 bits per heavy atom. The highest BCUT2D eigenvalue weighted by Gasteiger charge is 2.18. The van der Waals surface area contributed by atoms with Crippen molar-refractivity contribution in [3.8, 4) is 0 Å². The molecule has 2 aromatic carbocycles. The van der Waals surface area contributed by atoms with E-state index in [1.165, 1.54) is 24.3 Å². The van der Waals surface area contributed by atoms with Gasteiger partial charge < -0.3 is 10.1 Å². The number of benzene rings is 2. The number of sulfonamides is 1. The highest BCUT2D eigenvalue weighted by atomic mass is 32.2. The number of hydrogen-bond acceptors (Lipinski definition) is 4. The van der Waals surface area contributed by atoms with E-state index >= 15 is 0 Å². The quantitative estimate of drug-likeness (QED) is 0.764. The lowest BCUT2D eigenvalue weighted by atomic mass is 10.1. The van der Waals surface area contributed by atoms with Crippen LogP contribution in [0.15, 0.2) is 53.4 Å². The molecule has 27 heavy (non-hydrogen) atoms. The predicted octanol–water partition coefficient (Wildman–Crippen LogP) is 2.96. The van der Waals surface area contributed by atoms with Crippen LogP contribution in [0.5, 0.6) is 0 Å². The van der Waals surface area contributed by atoms with Crippen molar-refractivity contribution in [3.63, 3.8) is 0 Å². The first-order valence-corrected chi connectivity index (χ1v) is 10.6. The van der Waals surface area contributed by atoms with Crippen molar-refractivity contribution in [2.45, 2.75) is 37.2 Å². The van der Waals surface area contributed by atoms with Gasteiger partial charge in [-0.25, -0.2) is 8.42 Å². The number of ether oxygens (including phenoxy) is 1. The molecule has 1 atom stereocenters. The molecule has 1 amide bonds. The zero-order valence-corrected chi connectivity index (χ0v) is 16.1. The lowest BCUT2D eigenvalue weighted by molar-refractivity contribution is 0.0857. The number of hydrogen-bond donors (Lipinski definition) is 2. The molecule has 2 N–H and O–H groups in total. The van der Waals surface area contributed by atoms with Gasteiger partial charge in [0.2, 0.25) is 0 Å². The summed E-state index contributed by atoms with van der Waals surface area (Å²) >= 11 is 0. The zero-order valence-electron chi connectivity index (χ0n) is 15.3. The van der Waals surface area contributed by atoms with Crippen molar-refractivity contribution in [1.82, 2.24) is 5.32 Å². The molecule has 144 valence electrons. The van der Waals surface area contributed by atoms with Crippen molar-refractivity contribution in [2.75, 3.05) is 17.9 Å². The number of nitrogens with one attached hydrogen (secondary N) is 2. The highest BCUT2D eigenvalue weighted by molar-refractivity contribution is 7.92. The summed E-state index contributed by atoms with van der Waals surface area (Å²) in [4.78, 5) is 12.3. The molecule has 0 bridgehead atoms. The molecule has 0 aliphatic carbocycles. The second-order valence-corrected chi connectivity index (χ2v) is 8.17. The van der Waals surface area contributed by atoms with Crippen LogP contribution in [-0.4, -0.2) is 33.6 Å². The van der Waals surface area contributed by atoms with Crippen LogP contribution in [0, 0.1) is 0 Å². The standard InChI is InChI=1S/C20H24N2O4S/c1-2-15-6-3-4-8-19(15)22-27(24,25)18-11-9-16(10-12-18)20(23)21-14-17-7-5-13-26-17/h3-4,6,8-12,17,22H,2,5,7,13-14H2,1H3,(H,21,23). The van der Waals surface area contributed by atoms with Crippen LogP contribution >= 0.6 is 0 Å². The maximum Gasteiger partial charge on any atom is 0.261 e. The summed E-state index contributed by atoms with van der Waals surface area (Å²) in [6.07, 6.45) is 2.75. The van der Waals surface area contributed by atoms with Gasteiger partial charge in [0.15, 0.2) is 0 Å². The predicted molar refractivity (Wildman–Crippen MR) is 104 cm³/mol. The number of carbonyl (C=O) groups is 1. The van der Waals surface area contributed by atoms with Gasteiger partial charge >= 0.3 is 0 Å². The van der Waals surface area contributed by atoms with Gasteiger partial charge in [-0.2, -0.15) is 0 Å². The molecule has 0 saturated carbocycles. The minimum absolute atomic E-state index is 0.0661. The molecule has 1 aliphatic rings. The van der Waals surface area contributed by atoms with Gasteiger partial charge in [-0.3, -0.25) is 9.52 Å². The van der Waals surface area contributed by atoms with Crippen molar-refractivity contribution < 1.29 is 17.9 Å². The number of carbonyl (C=O) groups excluding carboxylic acids is 1. The van der Waals surface area contributed by atoms with E-state index in [-0.39, 0.29) is 16.9 Å². The van der Waals surface area contributed by atoms with E-state index in [2.05, 4.69) is 10.0 Å². The van der Waals surface area contributed by atoms with Gasteiger partial charge in [0, 0.05) is 18.7 Å². The maximum atomic E-state index is 12.6. The third-order valence-electron chi connectivity index (χ3n) is 4.58. The van der Waals surface area contributed by atoms with Crippen LogP contribution in [0.4, 0.5) is 5.69 Å². The Bertz CT molecular complexity index is 888. The highest BCUT2D eigenvalue weighted by Crippen LogP contribution is 2.21. The van der Waals surface area contributed by atoms with Crippen molar-refractivity contribution >= 4 is 21.6 Å². The Balaban J connectivity index is 1.67. The Labute approximate surface area is 160 Å². The number of anilines is 1. The van der Waals surface area contributed by atoms with Crippen molar-refractivity contribution in [2.24, 2.45) is 0 Å². The Kier molecular flexibility index (Phi) is 6.13. The number of para-hydroxylation sites is 1. The van der Waals surface area contributed by atoms with E-state index in [9.17, 15) is 13.2 Å². The monoisotopic (exact) mass is 388 g/mol. The molecule has 7 heteroatoms. The minimum atomic E-state index is -3.72. The van der Waals surface area contributed by atoms with E-state index in [0.717, 1.165) is 31.4 Å². The summed E-state index contributed by atoms with van der Waals surface area (Å²) in [5.41, 5.74) is 1.91. The zero-order chi connectivity index (χ0) is 19.3. The van der Waals surface area contributed by atoms with E-state index in [4.69, 9.17) is 4.74 Å². The summed E-state index contributed by atoms with van der Waals surface area (Å²) in [6, 6.07) is 13.2. The Hall–Kier alpha value is -2.38. The first-order chi connectivity index (χ1) is 13.0. The lowest BCUT2D eigenvalue weighted by Crippen LogP contribution is -2.31. The van der Waals surface area contributed by atoms with E-state index in [1.807, 2.05) is 19.1 Å². The van der Waals surface area contributed by atoms with Gasteiger partial charge in [-0.1, -0.05) is 25.1 Å². The van der Waals surface area contributed by atoms with Gasteiger partial charge in [0.1, 0.15) is 0 Å². The summed E-state index contributed by atoms with van der Waals surface area (Å²) in [7, 11) is -3.72. The largest absolute Gasteiger partial charge is 0.376 e. The van der Waals surface area contributed by atoms with E-state index in [1.54, 1.807) is 12.1 Å². The van der Waals surface area contributed by atoms with Crippen LogP contribution in [0.1, 0.15) is 35.7 Å². The summed E-state index contributed by atoms with van der Waals surface area (Å²) in [5, 5.41) is 2.82. The molecular weight excluding hydrogens is 364 g/mol. The fourth-order valence-corrected chi connectivity index (χ4v) is 4.13. The molecule has 6 nitrogen and oxygen atoms in total. The third-order valence-corrected chi connectivity index (χ3v) is 5.97.